The minimum atomic E-state index is -0.210. The van der Waals surface area contributed by atoms with Gasteiger partial charge in [-0.25, -0.2) is 4.79 Å². The summed E-state index contributed by atoms with van der Waals surface area (Å²) in [5.41, 5.74) is 5.62. The van der Waals surface area contributed by atoms with Gasteiger partial charge in [0.25, 0.3) is 0 Å². The summed E-state index contributed by atoms with van der Waals surface area (Å²) in [6.45, 7) is 5.62. The van der Waals surface area contributed by atoms with Gasteiger partial charge in [-0.3, -0.25) is 0 Å². The number of H-pyrrole nitrogens is 2. The molecule has 0 saturated heterocycles. The minimum Gasteiger partial charge on any atom is -0.490 e. The number of fused-ring (bicyclic) bond motifs is 1. The van der Waals surface area contributed by atoms with Crippen LogP contribution in [-0.2, 0) is 13.2 Å². The first kappa shape index (κ1) is 21.1. The molecule has 0 saturated carbocycles. The van der Waals surface area contributed by atoms with Crippen LogP contribution in [0.2, 0.25) is 0 Å². The number of aryl methyl sites for hydroxylation is 1. The Hall–Kier alpha value is -3.19. The zero-order valence-electron chi connectivity index (χ0n) is 17.4. The van der Waals surface area contributed by atoms with E-state index < -0.39 is 0 Å². The van der Waals surface area contributed by atoms with E-state index in [1.165, 1.54) is 5.56 Å². The topological polar surface area (TPSA) is 79.1 Å². The Labute approximate surface area is 188 Å². The molecule has 3 aromatic carbocycles. The first-order valence-electron chi connectivity index (χ1n) is 10.1. The largest absolute Gasteiger partial charge is 0.490 e. The van der Waals surface area contributed by atoms with Gasteiger partial charge in [0.05, 0.1) is 22.1 Å². The van der Waals surface area contributed by atoms with Crippen LogP contribution in [0, 0.1) is 6.92 Å². The standard InChI is InChI=1S/C24H24BrN3O3/c1-3-30-22-11-17(13-26-18-8-9-20-21(12-18)28-24(29)27-20)10-19(25)23(22)31-14-16-6-4-15(2)5-7-16/h4-12,26H,3,13-14H2,1-2H3,(H2,27,28,29). The summed E-state index contributed by atoms with van der Waals surface area (Å²) in [4.78, 5) is 17.0. The Bertz CT molecular complexity index is 1250. The molecular formula is C24H24BrN3O3. The van der Waals surface area contributed by atoms with Crippen LogP contribution in [0.1, 0.15) is 23.6 Å². The molecule has 4 aromatic rings. The Kier molecular flexibility index (Phi) is 6.32. The smallest absolute Gasteiger partial charge is 0.323 e. The molecule has 0 unspecified atom stereocenters. The highest BCUT2D eigenvalue weighted by atomic mass is 79.9. The molecule has 0 aliphatic rings. The number of imidazole rings is 1. The van der Waals surface area contributed by atoms with Crippen LogP contribution in [0.3, 0.4) is 0 Å². The predicted molar refractivity (Wildman–Crippen MR) is 127 cm³/mol. The molecule has 31 heavy (non-hydrogen) atoms. The molecule has 160 valence electrons. The lowest BCUT2D eigenvalue weighted by atomic mass is 10.1. The number of rotatable bonds is 8. The lowest BCUT2D eigenvalue weighted by molar-refractivity contribution is 0.267. The van der Waals surface area contributed by atoms with Crippen LogP contribution in [-0.4, -0.2) is 16.6 Å². The third-order valence-corrected chi connectivity index (χ3v) is 5.47. The van der Waals surface area contributed by atoms with E-state index in [1.807, 2.05) is 37.3 Å². The maximum absolute atomic E-state index is 11.4. The van der Waals surface area contributed by atoms with Crippen LogP contribution < -0.4 is 20.5 Å². The number of benzene rings is 3. The summed E-state index contributed by atoms with van der Waals surface area (Å²) in [6.07, 6.45) is 0. The monoisotopic (exact) mass is 481 g/mol. The fourth-order valence-electron chi connectivity index (χ4n) is 3.31. The van der Waals surface area contributed by atoms with Crippen molar-refractivity contribution in [3.8, 4) is 11.5 Å². The maximum atomic E-state index is 11.4. The Morgan fingerprint density at radius 1 is 0.935 bits per heavy atom. The van der Waals surface area contributed by atoms with E-state index in [0.717, 1.165) is 32.3 Å². The predicted octanol–water partition coefficient (Wildman–Crippen LogP) is 5.52. The number of aromatic nitrogens is 2. The van der Waals surface area contributed by atoms with Gasteiger partial charge in [-0.1, -0.05) is 29.8 Å². The minimum absolute atomic E-state index is 0.210. The van der Waals surface area contributed by atoms with E-state index in [-0.39, 0.29) is 5.69 Å². The van der Waals surface area contributed by atoms with E-state index in [9.17, 15) is 4.79 Å². The molecule has 0 amide bonds. The summed E-state index contributed by atoms with van der Waals surface area (Å²) in [5.74, 6) is 1.39. The van der Waals surface area contributed by atoms with Gasteiger partial charge in [0, 0.05) is 12.2 Å². The van der Waals surface area contributed by atoms with Crippen molar-refractivity contribution in [3.05, 3.63) is 86.2 Å². The molecule has 6 nitrogen and oxygen atoms in total. The van der Waals surface area contributed by atoms with E-state index in [1.54, 1.807) is 0 Å². The lowest BCUT2D eigenvalue weighted by Gasteiger charge is -2.16. The first-order valence-corrected chi connectivity index (χ1v) is 10.9. The molecule has 0 aliphatic carbocycles. The first-order chi connectivity index (χ1) is 15.0. The maximum Gasteiger partial charge on any atom is 0.323 e. The van der Waals surface area contributed by atoms with Crippen molar-refractivity contribution in [2.24, 2.45) is 0 Å². The van der Waals surface area contributed by atoms with Crippen molar-refractivity contribution in [3.63, 3.8) is 0 Å². The zero-order valence-corrected chi connectivity index (χ0v) is 19.0. The second-order valence-electron chi connectivity index (χ2n) is 7.31. The molecule has 4 rings (SSSR count). The normalized spacial score (nSPS) is 10.9. The zero-order chi connectivity index (χ0) is 21.8. The average Bonchev–Trinajstić information content (AvgIpc) is 3.12. The van der Waals surface area contributed by atoms with Crippen molar-refractivity contribution < 1.29 is 9.47 Å². The van der Waals surface area contributed by atoms with Gasteiger partial charge in [-0.2, -0.15) is 0 Å². The molecule has 1 heterocycles. The van der Waals surface area contributed by atoms with Gasteiger partial charge < -0.3 is 24.8 Å². The molecule has 7 heteroatoms. The van der Waals surface area contributed by atoms with Gasteiger partial charge in [-0.05, 0) is 71.2 Å². The van der Waals surface area contributed by atoms with Gasteiger partial charge in [0.1, 0.15) is 6.61 Å². The Morgan fingerprint density at radius 2 is 1.71 bits per heavy atom. The van der Waals surface area contributed by atoms with Gasteiger partial charge in [0.15, 0.2) is 11.5 Å². The van der Waals surface area contributed by atoms with E-state index in [4.69, 9.17) is 9.47 Å². The van der Waals surface area contributed by atoms with E-state index in [0.29, 0.717) is 31.3 Å². The van der Waals surface area contributed by atoms with Crippen molar-refractivity contribution in [2.75, 3.05) is 11.9 Å². The quantitative estimate of drug-likeness (QED) is 0.309. The summed E-state index contributed by atoms with van der Waals surface area (Å²) in [6, 6.07) is 18.0. The van der Waals surface area contributed by atoms with Crippen LogP contribution >= 0.6 is 15.9 Å². The number of hydrogen-bond donors (Lipinski definition) is 3. The van der Waals surface area contributed by atoms with Crippen LogP contribution in [0.25, 0.3) is 11.0 Å². The number of nitrogens with one attached hydrogen (secondary N) is 3. The number of hydrogen-bond acceptors (Lipinski definition) is 4. The SMILES string of the molecule is CCOc1cc(CNc2ccc3[nH]c(=O)[nH]c3c2)cc(Br)c1OCc1ccc(C)cc1. The van der Waals surface area contributed by atoms with E-state index in [2.05, 4.69) is 62.4 Å². The highest BCUT2D eigenvalue weighted by Gasteiger charge is 2.13. The Balaban J connectivity index is 1.49. The number of halogens is 1. The molecule has 3 N–H and O–H groups in total. The summed E-state index contributed by atoms with van der Waals surface area (Å²) in [7, 11) is 0. The van der Waals surface area contributed by atoms with Gasteiger partial charge >= 0.3 is 5.69 Å². The number of anilines is 1. The average molecular weight is 482 g/mol. The van der Waals surface area contributed by atoms with Gasteiger partial charge in [0.2, 0.25) is 0 Å². The van der Waals surface area contributed by atoms with Crippen molar-refractivity contribution in [1.82, 2.24) is 9.97 Å². The third kappa shape index (κ3) is 5.11. The molecular weight excluding hydrogens is 458 g/mol. The molecule has 0 aliphatic heterocycles. The number of ether oxygens (including phenoxy) is 2. The molecule has 0 spiro atoms. The molecule has 0 bridgehead atoms. The molecule has 0 atom stereocenters. The van der Waals surface area contributed by atoms with Crippen molar-refractivity contribution >= 4 is 32.7 Å². The second kappa shape index (κ2) is 9.31. The second-order valence-corrected chi connectivity index (χ2v) is 8.16. The van der Waals surface area contributed by atoms with Crippen molar-refractivity contribution in [2.45, 2.75) is 27.0 Å². The highest BCUT2D eigenvalue weighted by Crippen LogP contribution is 2.37. The third-order valence-electron chi connectivity index (χ3n) is 4.89. The molecule has 0 fully saturated rings. The Morgan fingerprint density at radius 3 is 2.48 bits per heavy atom. The number of aromatic amines is 2. The fraction of sp³-hybridized carbons (Fsp3) is 0.208. The molecule has 1 aromatic heterocycles. The van der Waals surface area contributed by atoms with Crippen molar-refractivity contribution in [1.29, 1.82) is 0 Å². The summed E-state index contributed by atoms with van der Waals surface area (Å²) >= 11 is 3.64. The summed E-state index contributed by atoms with van der Waals surface area (Å²) < 4.78 is 12.8. The highest BCUT2D eigenvalue weighted by molar-refractivity contribution is 9.10. The van der Waals surface area contributed by atoms with Crippen LogP contribution in [0.4, 0.5) is 5.69 Å². The molecule has 0 radical (unpaired) electrons. The van der Waals surface area contributed by atoms with Crippen LogP contribution in [0.15, 0.2) is 63.9 Å². The van der Waals surface area contributed by atoms with Gasteiger partial charge in [-0.15, -0.1) is 0 Å². The summed E-state index contributed by atoms with van der Waals surface area (Å²) in [5, 5.41) is 3.39. The fourth-order valence-corrected chi connectivity index (χ4v) is 3.92. The lowest BCUT2D eigenvalue weighted by Crippen LogP contribution is -2.04. The van der Waals surface area contributed by atoms with Crippen LogP contribution in [0.5, 0.6) is 11.5 Å². The van der Waals surface area contributed by atoms with E-state index >= 15 is 0 Å².